The van der Waals surface area contributed by atoms with Crippen molar-refractivity contribution in [2.45, 2.75) is 47.1 Å². The maximum atomic E-state index is 12.3. The van der Waals surface area contributed by atoms with Crippen molar-refractivity contribution in [1.29, 1.82) is 0 Å². The maximum absolute atomic E-state index is 12.3. The second-order valence-corrected chi connectivity index (χ2v) is 6.96. The fourth-order valence-corrected chi connectivity index (χ4v) is 3.35. The van der Waals surface area contributed by atoms with Crippen LogP contribution in [0.15, 0.2) is 0 Å². The Labute approximate surface area is 117 Å². The highest BCUT2D eigenvalue weighted by atomic mass is 35.5. The van der Waals surface area contributed by atoms with Crippen molar-refractivity contribution < 1.29 is 4.79 Å². The Balaban J connectivity index is 0.00000162. The lowest BCUT2D eigenvalue weighted by Crippen LogP contribution is -2.49. The predicted molar refractivity (Wildman–Crippen MR) is 76.9 cm³/mol. The Morgan fingerprint density at radius 3 is 2.22 bits per heavy atom. The van der Waals surface area contributed by atoms with Crippen LogP contribution in [0, 0.1) is 22.7 Å². The summed E-state index contributed by atoms with van der Waals surface area (Å²) in [4.78, 5) is 12.3. The molecule has 3 nitrogen and oxygen atoms in total. The summed E-state index contributed by atoms with van der Waals surface area (Å²) in [5.74, 6) is 0.980. The van der Waals surface area contributed by atoms with Gasteiger partial charge >= 0.3 is 0 Å². The number of hydrogen-bond acceptors (Lipinski definition) is 2. The standard InChI is InChI=1S/C14H26N2O.ClH/c1-9-8-15-7-6-10(9)16-12(17)11-13(2,3)14(11,4)5;/h9-11,15H,6-8H2,1-5H3,(H,16,17);1H. The van der Waals surface area contributed by atoms with Crippen LogP contribution in [-0.2, 0) is 4.79 Å². The molecule has 2 unspecified atom stereocenters. The first kappa shape index (κ1) is 15.8. The molecule has 0 bridgehead atoms. The van der Waals surface area contributed by atoms with Crippen molar-refractivity contribution in [3.05, 3.63) is 0 Å². The Morgan fingerprint density at radius 2 is 1.78 bits per heavy atom. The first-order chi connectivity index (χ1) is 7.78. The van der Waals surface area contributed by atoms with Crippen molar-refractivity contribution in [2.75, 3.05) is 13.1 Å². The molecule has 0 aromatic rings. The van der Waals surface area contributed by atoms with E-state index in [1.165, 1.54) is 0 Å². The van der Waals surface area contributed by atoms with E-state index in [9.17, 15) is 4.79 Å². The highest BCUT2D eigenvalue weighted by molar-refractivity contribution is 5.85. The molecule has 0 aromatic heterocycles. The van der Waals surface area contributed by atoms with Gasteiger partial charge in [0.25, 0.3) is 0 Å². The minimum absolute atomic E-state index is 0. The van der Waals surface area contributed by atoms with Crippen molar-refractivity contribution in [3.63, 3.8) is 0 Å². The van der Waals surface area contributed by atoms with E-state index in [-0.39, 0.29) is 35.1 Å². The second-order valence-electron chi connectivity index (χ2n) is 6.96. The molecule has 4 heteroatoms. The monoisotopic (exact) mass is 274 g/mol. The molecule has 1 amide bonds. The van der Waals surface area contributed by atoms with Gasteiger partial charge in [-0.15, -0.1) is 12.4 Å². The third-order valence-electron chi connectivity index (χ3n) is 5.40. The van der Waals surface area contributed by atoms with Crippen LogP contribution in [-0.4, -0.2) is 25.0 Å². The topological polar surface area (TPSA) is 41.1 Å². The zero-order chi connectivity index (χ0) is 12.8. The van der Waals surface area contributed by atoms with Gasteiger partial charge in [0, 0.05) is 12.0 Å². The van der Waals surface area contributed by atoms with E-state index in [1.54, 1.807) is 0 Å². The first-order valence-electron chi connectivity index (χ1n) is 6.79. The van der Waals surface area contributed by atoms with Crippen LogP contribution in [0.1, 0.15) is 41.0 Å². The summed E-state index contributed by atoms with van der Waals surface area (Å²) in [6, 6.07) is 0.357. The molecule has 2 atom stereocenters. The molecule has 2 fully saturated rings. The summed E-state index contributed by atoms with van der Waals surface area (Å²) in [5, 5.41) is 6.63. The molecule has 1 saturated carbocycles. The molecular weight excluding hydrogens is 248 g/mol. The number of carbonyl (C=O) groups is 1. The largest absolute Gasteiger partial charge is 0.353 e. The number of amides is 1. The molecule has 1 aliphatic carbocycles. The van der Waals surface area contributed by atoms with Gasteiger partial charge in [-0.2, -0.15) is 0 Å². The van der Waals surface area contributed by atoms with E-state index in [0.29, 0.717) is 12.0 Å². The number of carbonyl (C=O) groups excluding carboxylic acids is 1. The molecule has 0 aromatic carbocycles. The summed E-state index contributed by atoms with van der Waals surface area (Å²) >= 11 is 0. The summed E-state index contributed by atoms with van der Waals surface area (Å²) in [7, 11) is 0. The molecule has 1 aliphatic heterocycles. The lowest BCUT2D eigenvalue weighted by atomic mass is 9.95. The zero-order valence-corrected chi connectivity index (χ0v) is 13.0. The van der Waals surface area contributed by atoms with E-state index in [0.717, 1.165) is 19.5 Å². The molecule has 2 rings (SSSR count). The Morgan fingerprint density at radius 1 is 1.22 bits per heavy atom. The average molecular weight is 275 g/mol. The molecule has 1 heterocycles. The normalized spacial score (nSPS) is 33.4. The number of piperidine rings is 1. The summed E-state index contributed by atoms with van der Waals surface area (Å²) < 4.78 is 0. The van der Waals surface area contributed by atoms with Crippen LogP contribution >= 0.6 is 12.4 Å². The third-order valence-corrected chi connectivity index (χ3v) is 5.40. The minimum Gasteiger partial charge on any atom is -0.353 e. The quantitative estimate of drug-likeness (QED) is 0.811. The van der Waals surface area contributed by atoms with Gasteiger partial charge in [-0.25, -0.2) is 0 Å². The number of rotatable bonds is 2. The van der Waals surface area contributed by atoms with Gasteiger partial charge in [0.15, 0.2) is 0 Å². The predicted octanol–water partition coefficient (Wildman–Crippen LogP) is 2.20. The van der Waals surface area contributed by atoms with Gasteiger partial charge in [-0.05, 0) is 36.3 Å². The lowest BCUT2D eigenvalue weighted by molar-refractivity contribution is -0.124. The summed E-state index contributed by atoms with van der Waals surface area (Å²) in [5.41, 5.74) is 0.292. The molecular formula is C14H27ClN2O. The maximum Gasteiger partial charge on any atom is 0.224 e. The van der Waals surface area contributed by atoms with Crippen LogP contribution in [0.5, 0.6) is 0 Å². The third kappa shape index (κ3) is 2.39. The Bertz CT molecular complexity index is 314. The fraction of sp³-hybridized carbons (Fsp3) is 0.929. The van der Waals surface area contributed by atoms with Crippen molar-refractivity contribution in [1.82, 2.24) is 10.6 Å². The zero-order valence-electron chi connectivity index (χ0n) is 12.2. The van der Waals surface area contributed by atoms with Gasteiger partial charge < -0.3 is 10.6 Å². The van der Waals surface area contributed by atoms with E-state index in [2.05, 4.69) is 45.3 Å². The number of hydrogen-bond donors (Lipinski definition) is 2. The van der Waals surface area contributed by atoms with Gasteiger partial charge in [-0.3, -0.25) is 4.79 Å². The molecule has 2 N–H and O–H groups in total. The Hall–Kier alpha value is -0.280. The van der Waals surface area contributed by atoms with Gasteiger partial charge in [0.2, 0.25) is 5.91 Å². The van der Waals surface area contributed by atoms with Crippen molar-refractivity contribution in [3.8, 4) is 0 Å². The highest BCUT2D eigenvalue weighted by Crippen LogP contribution is 2.68. The Kier molecular flexibility index (Phi) is 4.39. The van der Waals surface area contributed by atoms with Crippen LogP contribution in [0.25, 0.3) is 0 Å². The fourth-order valence-electron chi connectivity index (χ4n) is 3.35. The van der Waals surface area contributed by atoms with E-state index < -0.39 is 0 Å². The lowest BCUT2D eigenvalue weighted by Gasteiger charge is -2.30. The minimum atomic E-state index is 0. The van der Waals surface area contributed by atoms with Crippen LogP contribution in [0.4, 0.5) is 0 Å². The molecule has 2 aliphatic rings. The molecule has 0 spiro atoms. The number of nitrogens with one attached hydrogen (secondary N) is 2. The smallest absolute Gasteiger partial charge is 0.224 e. The molecule has 18 heavy (non-hydrogen) atoms. The summed E-state index contributed by atoms with van der Waals surface area (Å²) in [6.07, 6.45) is 1.06. The van der Waals surface area contributed by atoms with Crippen LogP contribution in [0.3, 0.4) is 0 Å². The molecule has 1 saturated heterocycles. The number of halogens is 1. The highest BCUT2D eigenvalue weighted by Gasteiger charge is 2.68. The van der Waals surface area contributed by atoms with Crippen LogP contribution in [0.2, 0.25) is 0 Å². The average Bonchev–Trinajstić information content (AvgIpc) is 2.61. The van der Waals surface area contributed by atoms with Gasteiger partial charge in [-0.1, -0.05) is 34.6 Å². The van der Waals surface area contributed by atoms with Crippen LogP contribution < -0.4 is 10.6 Å². The van der Waals surface area contributed by atoms with Gasteiger partial charge in [0.1, 0.15) is 0 Å². The molecule has 106 valence electrons. The van der Waals surface area contributed by atoms with Gasteiger partial charge in [0.05, 0.1) is 0 Å². The van der Waals surface area contributed by atoms with Crippen molar-refractivity contribution in [2.24, 2.45) is 22.7 Å². The van der Waals surface area contributed by atoms with E-state index in [4.69, 9.17) is 0 Å². The summed E-state index contributed by atoms with van der Waals surface area (Å²) in [6.45, 7) is 13.0. The van der Waals surface area contributed by atoms with E-state index >= 15 is 0 Å². The van der Waals surface area contributed by atoms with Crippen molar-refractivity contribution >= 4 is 18.3 Å². The molecule has 0 radical (unpaired) electrons. The van der Waals surface area contributed by atoms with E-state index in [1.807, 2.05) is 0 Å². The SMILES string of the molecule is CC1CNCCC1NC(=O)C1C(C)(C)C1(C)C.Cl. The first-order valence-corrected chi connectivity index (χ1v) is 6.79. The second kappa shape index (κ2) is 5.01.